The van der Waals surface area contributed by atoms with Gasteiger partial charge in [-0.2, -0.15) is 0 Å². The predicted molar refractivity (Wildman–Crippen MR) is 135 cm³/mol. The Kier molecular flexibility index (Phi) is 7.54. The Hall–Kier alpha value is -2.64. The van der Waals surface area contributed by atoms with Gasteiger partial charge in [-0.05, 0) is 74.1 Å². The van der Waals surface area contributed by atoms with Gasteiger partial charge in [0.15, 0.2) is 0 Å². The number of nitrogens with zero attached hydrogens (tertiary/aromatic N) is 2. The third kappa shape index (κ3) is 5.62. The molecule has 2 aromatic rings. The number of carboxylic acids is 1. The van der Waals surface area contributed by atoms with Gasteiger partial charge < -0.3 is 19.9 Å². The summed E-state index contributed by atoms with van der Waals surface area (Å²) in [4.78, 5) is 19.0. The smallest absolute Gasteiger partial charge is 0.325 e. The van der Waals surface area contributed by atoms with Crippen molar-refractivity contribution in [1.29, 1.82) is 0 Å². The van der Waals surface area contributed by atoms with Crippen LogP contribution in [0.15, 0.2) is 30.3 Å². The number of nitrogens with one attached hydrogen (secondary N) is 1. The molecule has 0 amide bonds. The summed E-state index contributed by atoms with van der Waals surface area (Å²) < 4.78 is 11.6. The van der Waals surface area contributed by atoms with Crippen LogP contribution in [0.5, 0.6) is 5.75 Å². The Morgan fingerprint density at radius 2 is 2.06 bits per heavy atom. The van der Waals surface area contributed by atoms with Gasteiger partial charge in [-0.3, -0.25) is 9.69 Å². The largest absolute Gasteiger partial charge is 0.496 e. The van der Waals surface area contributed by atoms with Gasteiger partial charge in [0.25, 0.3) is 0 Å². The van der Waals surface area contributed by atoms with Crippen LogP contribution < -0.4 is 10.1 Å². The minimum Gasteiger partial charge on any atom is -0.496 e. The normalized spacial score (nSPS) is 18.9. The molecule has 0 spiro atoms. The molecule has 35 heavy (non-hydrogen) atoms. The Balaban J connectivity index is 1.05. The highest BCUT2D eigenvalue weighted by molar-refractivity contribution is 5.77. The molecule has 3 heterocycles. The molecule has 7 nitrogen and oxygen atoms in total. The molecule has 1 atom stereocenters. The minimum atomic E-state index is -0.801. The molecule has 2 fully saturated rings. The number of benzene rings is 1. The van der Waals surface area contributed by atoms with Crippen LogP contribution in [0, 0.1) is 0 Å². The molecule has 1 aromatic heterocycles. The Labute approximate surface area is 207 Å². The molecule has 1 saturated carbocycles. The number of carbonyl (C=O) groups is 1. The number of rotatable bonds is 12. The number of anilines is 1. The first-order valence-corrected chi connectivity index (χ1v) is 13.1. The molecule has 1 saturated heterocycles. The van der Waals surface area contributed by atoms with Crippen LogP contribution in [0.4, 0.5) is 5.82 Å². The van der Waals surface area contributed by atoms with E-state index in [9.17, 15) is 9.90 Å². The summed E-state index contributed by atoms with van der Waals surface area (Å²) in [7, 11) is 1.66. The van der Waals surface area contributed by atoms with Crippen LogP contribution in [-0.4, -0.2) is 60.4 Å². The number of methoxy groups -OCH3 is 1. The molecule has 1 unspecified atom stereocenters. The zero-order valence-corrected chi connectivity index (χ0v) is 20.7. The Bertz CT molecular complexity index is 1030. The van der Waals surface area contributed by atoms with Crippen molar-refractivity contribution >= 4 is 11.8 Å². The van der Waals surface area contributed by atoms with Crippen LogP contribution in [0.3, 0.4) is 0 Å². The number of aryl methyl sites for hydroxylation is 2. The molecule has 188 valence electrons. The first-order chi connectivity index (χ1) is 17.1. The van der Waals surface area contributed by atoms with Crippen molar-refractivity contribution in [3.05, 3.63) is 52.7 Å². The number of likely N-dealkylation sites (tertiary alicyclic amines) is 1. The van der Waals surface area contributed by atoms with Crippen molar-refractivity contribution in [2.24, 2.45) is 0 Å². The van der Waals surface area contributed by atoms with Gasteiger partial charge in [0.1, 0.15) is 17.6 Å². The van der Waals surface area contributed by atoms with E-state index in [0.29, 0.717) is 19.0 Å². The van der Waals surface area contributed by atoms with E-state index in [-0.39, 0.29) is 6.10 Å². The van der Waals surface area contributed by atoms with E-state index in [0.717, 1.165) is 86.5 Å². The summed E-state index contributed by atoms with van der Waals surface area (Å²) in [6, 6.07) is 9.55. The molecule has 2 aliphatic heterocycles. The Morgan fingerprint density at radius 1 is 1.20 bits per heavy atom. The number of hydrogen-bond donors (Lipinski definition) is 2. The lowest BCUT2D eigenvalue weighted by Crippen LogP contribution is -2.55. The number of pyridine rings is 1. The van der Waals surface area contributed by atoms with E-state index in [1.54, 1.807) is 7.11 Å². The van der Waals surface area contributed by atoms with E-state index >= 15 is 0 Å². The maximum Gasteiger partial charge on any atom is 0.325 e. The quantitative estimate of drug-likeness (QED) is 0.432. The molecule has 1 aliphatic carbocycles. The van der Waals surface area contributed by atoms with Crippen LogP contribution >= 0.6 is 0 Å². The summed E-state index contributed by atoms with van der Waals surface area (Å²) in [6.07, 6.45) is 8.85. The molecule has 5 rings (SSSR count). The van der Waals surface area contributed by atoms with Crippen molar-refractivity contribution in [1.82, 2.24) is 9.88 Å². The van der Waals surface area contributed by atoms with Crippen LogP contribution in [-0.2, 0) is 22.4 Å². The van der Waals surface area contributed by atoms with E-state index in [1.165, 1.54) is 12.0 Å². The fourth-order valence-electron chi connectivity index (χ4n) is 5.40. The lowest BCUT2D eigenvalue weighted by molar-refractivity contribution is -0.151. The van der Waals surface area contributed by atoms with Crippen LogP contribution in [0.25, 0.3) is 0 Å². The molecular weight excluding hydrogens is 442 g/mol. The van der Waals surface area contributed by atoms with Gasteiger partial charge in [0, 0.05) is 37.5 Å². The lowest BCUT2D eigenvalue weighted by Gasteiger charge is -2.43. The van der Waals surface area contributed by atoms with Crippen molar-refractivity contribution in [2.45, 2.75) is 69.4 Å². The van der Waals surface area contributed by atoms with Crippen molar-refractivity contribution in [2.75, 3.05) is 38.7 Å². The second-order valence-electron chi connectivity index (χ2n) is 10.1. The zero-order chi connectivity index (χ0) is 24.2. The first kappa shape index (κ1) is 24.1. The maximum absolute atomic E-state index is 12.2. The highest BCUT2D eigenvalue weighted by Gasteiger charge is 2.41. The summed E-state index contributed by atoms with van der Waals surface area (Å²) in [5.41, 5.74) is 4.46. The van der Waals surface area contributed by atoms with Gasteiger partial charge in [-0.15, -0.1) is 0 Å². The van der Waals surface area contributed by atoms with Gasteiger partial charge in [0.2, 0.25) is 0 Å². The molecular formula is C28H37N3O4. The number of carboxylic acid groups (broad SMARTS) is 1. The van der Waals surface area contributed by atoms with Crippen LogP contribution in [0.2, 0.25) is 0 Å². The number of aromatic nitrogens is 1. The fraction of sp³-hybridized carbons (Fsp3) is 0.571. The molecule has 0 bridgehead atoms. The highest BCUT2D eigenvalue weighted by Crippen LogP contribution is 2.48. The molecule has 2 N–H and O–H groups in total. The number of fused-ring (bicyclic) bond motifs is 1. The van der Waals surface area contributed by atoms with Gasteiger partial charge in [-0.1, -0.05) is 24.6 Å². The minimum absolute atomic E-state index is 0.111. The SMILES string of the molecule is COc1cccc(C(C(=O)O)N2CC(OCCCCCc3ccc4c(n3)NCCC4)C2)c1C1CC1. The van der Waals surface area contributed by atoms with E-state index < -0.39 is 12.0 Å². The van der Waals surface area contributed by atoms with Gasteiger partial charge in [-0.25, -0.2) is 4.98 Å². The second kappa shape index (κ2) is 11.0. The van der Waals surface area contributed by atoms with Gasteiger partial charge >= 0.3 is 5.97 Å². The van der Waals surface area contributed by atoms with Crippen molar-refractivity contribution in [3.8, 4) is 5.75 Å². The number of aliphatic carboxylic acids is 1. The average molecular weight is 480 g/mol. The molecule has 3 aliphatic rings. The third-order valence-electron chi connectivity index (χ3n) is 7.46. The maximum atomic E-state index is 12.2. The summed E-state index contributed by atoms with van der Waals surface area (Å²) >= 11 is 0. The number of hydrogen-bond acceptors (Lipinski definition) is 6. The van der Waals surface area contributed by atoms with Crippen molar-refractivity contribution in [3.63, 3.8) is 0 Å². The second-order valence-corrected chi connectivity index (χ2v) is 10.1. The summed E-state index contributed by atoms with van der Waals surface area (Å²) in [6.45, 7) is 3.06. The number of ether oxygens (including phenoxy) is 2. The predicted octanol–water partition coefficient (Wildman–Crippen LogP) is 4.57. The third-order valence-corrected chi connectivity index (χ3v) is 7.46. The molecule has 7 heteroatoms. The zero-order valence-electron chi connectivity index (χ0n) is 20.7. The summed E-state index contributed by atoms with van der Waals surface area (Å²) in [5, 5.41) is 13.4. The Morgan fingerprint density at radius 3 is 2.83 bits per heavy atom. The average Bonchev–Trinajstić information content (AvgIpc) is 3.68. The van der Waals surface area contributed by atoms with E-state index in [1.807, 2.05) is 23.1 Å². The van der Waals surface area contributed by atoms with E-state index in [4.69, 9.17) is 14.5 Å². The molecule has 1 aromatic carbocycles. The monoisotopic (exact) mass is 479 g/mol. The topological polar surface area (TPSA) is 83.9 Å². The molecule has 0 radical (unpaired) electrons. The standard InChI is InChI=1S/C28H37N3O4/c1-34-24-10-5-9-23(25(24)19-11-12-19)26(28(32)33)31-17-22(18-31)35-16-4-2-3-8-21-14-13-20-7-6-15-29-27(20)30-21/h5,9-10,13-14,19,22,26H,2-4,6-8,11-12,15-18H2,1H3,(H,29,30)(H,32,33). The van der Waals surface area contributed by atoms with Crippen molar-refractivity contribution < 1.29 is 19.4 Å². The fourth-order valence-corrected chi connectivity index (χ4v) is 5.40. The first-order valence-electron chi connectivity index (χ1n) is 13.1. The van der Waals surface area contributed by atoms with Gasteiger partial charge in [0.05, 0.1) is 13.2 Å². The lowest BCUT2D eigenvalue weighted by atomic mass is 9.93. The highest BCUT2D eigenvalue weighted by atomic mass is 16.5. The number of unbranched alkanes of at least 4 members (excludes halogenated alkanes) is 2. The van der Waals surface area contributed by atoms with E-state index in [2.05, 4.69) is 17.4 Å². The summed E-state index contributed by atoms with van der Waals surface area (Å²) in [5.74, 6) is 1.50. The van der Waals surface area contributed by atoms with Crippen LogP contribution in [0.1, 0.15) is 72.9 Å².